The van der Waals surface area contributed by atoms with Crippen molar-refractivity contribution in [2.45, 2.75) is 180 Å². The third kappa shape index (κ3) is 16.9. The Bertz CT molecular complexity index is 1190. The molecule has 0 spiro atoms. The molecule has 0 aromatic rings. The van der Waals surface area contributed by atoms with Crippen LogP contribution in [0, 0.1) is 0 Å². The zero-order chi connectivity index (χ0) is 40.2. The summed E-state index contributed by atoms with van der Waals surface area (Å²) in [5.41, 5.74) is 0. The van der Waals surface area contributed by atoms with E-state index in [0.29, 0.717) is 0 Å². The van der Waals surface area contributed by atoms with E-state index in [2.05, 4.69) is 58.9 Å². The SMILES string of the molecule is CC(=O)OCC1OC(OC(C)=O)C(O[Si](C)(C)C)C(O[Si](C)(C)C)[C@@H]1O[C@@H]1OC(COC(C)=O)[C@@H](O[Si](C)(C)C)C(O[Si](C)(C)C)C1O[Si](C)(C)C. The highest BCUT2D eigenvalue weighted by molar-refractivity contribution is 6.71. The summed E-state index contributed by atoms with van der Waals surface area (Å²) < 4.78 is 71.3. The van der Waals surface area contributed by atoms with Gasteiger partial charge >= 0.3 is 17.9 Å². The van der Waals surface area contributed by atoms with Crippen molar-refractivity contribution in [1.82, 2.24) is 0 Å². The van der Waals surface area contributed by atoms with E-state index in [9.17, 15) is 14.4 Å². The molecule has 7 unspecified atom stereocenters. The molecule has 2 aliphatic rings. The lowest BCUT2D eigenvalue weighted by molar-refractivity contribution is -0.348. The first-order chi connectivity index (χ1) is 23.3. The van der Waals surface area contributed by atoms with Gasteiger partial charge in [-0.15, -0.1) is 0 Å². The maximum Gasteiger partial charge on any atom is 0.305 e. The predicted octanol–water partition coefficient (Wildman–Crippen LogP) is 5.61. The van der Waals surface area contributed by atoms with Crippen LogP contribution in [0.2, 0.25) is 98.2 Å². The number of esters is 3. The Hall–Kier alpha value is -0.826. The minimum Gasteiger partial charge on any atom is -0.463 e. The van der Waals surface area contributed by atoms with Crippen molar-refractivity contribution in [1.29, 1.82) is 0 Å². The van der Waals surface area contributed by atoms with Crippen molar-refractivity contribution in [3.8, 4) is 0 Å². The van der Waals surface area contributed by atoms with Gasteiger partial charge in [-0.3, -0.25) is 14.4 Å². The minimum atomic E-state index is -2.40. The quantitative estimate of drug-likeness (QED) is 0.101. The first-order valence-electron chi connectivity index (χ1n) is 18.1. The largest absolute Gasteiger partial charge is 0.463 e. The van der Waals surface area contributed by atoms with Crippen LogP contribution in [0.1, 0.15) is 20.8 Å². The van der Waals surface area contributed by atoms with Crippen molar-refractivity contribution in [2.75, 3.05) is 13.2 Å². The summed E-state index contributed by atoms with van der Waals surface area (Å²) in [5, 5.41) is 0. The van der Waals surface area contributed by atoms with Gasteiger partial charge in [0.25, 0.3) is 0 Å². The summed E-state index contributed by atoms with van der Waals surface area (Å²) in [7, 11) is -11.6. The molecule has 14 nitrogen and oxygen atoms in total. The molecule has 2 heterocycles. The van der Waals surface area contributed by atoms with Crippen LogP contribution in [0.15, 0.2) is 0 Å². The van der Waals surface area contributed by atoms with Gasteiger partial charge in [-0.1, -0.05) is 0 Å². The molecule has 0 radical (unpaired) electrons. The van der Waals surface area contributed by atoms with Gasteiger partial charge in [-0.05, 0) is 98.2 Å². The highest BCUT2D eigenvalue weighted by Crippen LogP contribution is 2.39. The fourth-order valence-electron chi connectivity index (χ4n) is 5.81. The molecule has 0 amide bonds. The molecule has 0 aromatic heterocycles. The molecule has 0 saturated carbocycles. The van der Waals surface area contributed by atoms with Crippen molar-refractivity contribution in [2.24, 2.45) is 0 Å². The Morgan fingerprint density at radius 1 is 0.423 bits per heavy atom. The fraction of sp³-hybridized carbons (Fsp3) is 0.909. The van der Waals surface area contributed by atoms with E-state index in [1.54, 1.807) is 0 Å². The van der Waals surface area contributed by atoms with Gasteiger partial charge < -0.3 is 50.6 Å². The number of carbonyl (C=O) groups excluding carboxylic acids is 3. The molecule has 2 fully saturated rings. The highest BCUT2D eigenvalue weighted by atomic mass is 28.4. The number of rotatable bonds is 17. The highest BCUT2D eigenvalue weighted by Gasteiger charge is 2.57. The Morgan fingerprint density at radius 3 is 1.10 bits per heavy atom. The molecule has 10 atom stereocenters. The molecule has 19 heteroatoms. The zero-order valence-corrected chi connectivity index (χ0v) is 39.9. The van der Waals surface area contributed by atoms with Gasteiger partial charge in [0.15, 0.2) is 47.9 Å². The molecule has 0 bridgehead atoms. The average Bonchev–Trinajstić information content (AvgIpc) is 2.89. The number of carbonyl (C=O) groups is 3. The molecule has 0 aromatic carbocycles. The van der Waals surface area contributed by atoms with E-state index < -0.39 is 121 Å². The topological polar surface area (TPSA) is 153 Å². The van der Waals surface area contributed by atoms with Crippen molar-refractivity contribution < 1.29 is 64.9 Å². The van der Waals surface area contributed by atoms with Gasteiger partial charge in [-0.2, -0.15) is 0 Å². The van der Waals surface area contributed by atoms with Gasteiger partial charge in [0.05, 0.1) is 0 Å². The van der Waals surface area contributed by atoms with Crippen molar-refractivity contribution in [3.05, 3.63) is 0 Å². The minimum absolute atomic E-state index is 0.113. The molecular formula is C33H68O14Si5. The lowest BCUT2D eigenvalue weighted by Crippen LogP contribution is -2.69. The molecule has 0 aliphatic carbocycles. The smallest absolute Gasteiger partial charge is 0.305 e. The summed E-state index contributed by atoms with van der Waals surface area (Å²) in [5.74, 6) is -1.57. The maximum atomic E-state index is 12.4. The Labute approximate surface area is 317 Å². The first kappa shape index (κ1) is 47.3. The van der Waals surface area contributed by atoms with Gasteiger partial charge in [0.1, 0.15) is 62.0 Å². The molecule has 2 rings (SSSR count). The van der Waals surface area contributed by atoms with Crippen LogP contribution in [0.5, 0.6) is 0 Å². The van der Waals surface area contributed by atoms with Crippen molar-refractivity contribution in [3.63, 3.8) is 0 Å². The Morgan fingerprint density at radius 2 is 0.731 bits per heavy atom. The second kappa shape index (κ2) is 18.4. The Kier molecular flexibility index (Phi) is 16.8. The number of ether oxygens (including phenoxy) is 6. The average molecular weight is 829 g/mol. The summed E-state index contributed by atoms with van der Waals surface area (Å²) in [6.45, 7) is 34.5. The molecule has 2 saturated heterocycles. The summed E-state index contributed by atoms with van der Waals surface area (Å²) in [6.07, 6.45) is -8.90. The predicted molar refractivity (Wildman–Crippen MR) is 208 cm³/mol. The first-order valence-corrected chi connectivity index (χ1v) is 35.2. The summed E-state index contributed by atoms with van der Waals surface area (Å²) in [4.78, 5) is 36.7. The summed E-state index contributed by atoms with van der Waals surface area (Å²) in [6, 6.07) is 0. The number of hydrogen-bond donors (Lipinski definition) is 0. The lowest BCUT2D eigenvalue weighted by atomic mass is 9.97. The van der Waals surface area contributed by atoms with Crippen LogP contribution < -0.4 is 0 Å². The monoisotopic (exact) mass is 828 g/mol. The molecule has 52 heavy (non-hydrogen) atoms. The van der Waals surface area contributed by atoms with E-state index in [0.717, 1.165) is 0 Å². The van der Waals surface area contributed by atoms with Crippen LogP contribution in [0.25, 0.3) is 0 Å². The molecular weight excluding hydrogens is 761 g/mol. The van der Waals surface area contributed by atoms with Crippen molar-refractivity contribution >= 4 is 59.5 Å². The lowest BCUT2D eigenvalue weighted by Gasteiger charge is -2.53. The van der Waals surface area contributed by atoms with Crippen LogP contribution in [-0.2, 0) is 64.9 Å². The third-order valence-corrected chi connectivity index (χ3v) is 12.0. The van der Waals surface area contributed by atoms with E-state index in [-0.39, 0.29) is 13.2 Å². The normalized spacial score (nSPS) is 30.8. The fourth-order valence-corrected chi connectivity index (χ4v) is 11.2. The second-order valence-electron chi connectivity index (χ2n) is 18.4. The van der Waals surface area contributed by atoms with E-state index in [1.807, 2.05) is 39.3 Å². The Balaban J connectivity index is 2.87. The maximum absolute atomic E-state index is 12.4. The molecule has 0 N–H and O–H groups in total. The van der Waals surface area contributed by atoms with Gasteiger partial charge in [0.2, 0.25) is 6.29 Å². The van der Waals surface area contributed by atoms with E-state index >= 15 is 0 Å². The van der Waals surface area contributed by atoms with Crippen LogP contribution in [0.3, 0.4) is 0 Å². The molecule has 2 aliphatic heterocycles. The number of hydrogen-bond acceptors (Lipinski definition) is 14. The third-order valence-electron chi connectivity index (χ3n) is 7.11. The van der Waals surface area contributed by atoms with E-state index in [1.165, 1.54) is 20.8 Å². The van der Waals surface area contributed by atoms with Gasteiger partial charge in [-0.25, -0.2) is 0 Å². The van der Waals surface area contributed by atoms with E-state index in [4.69, 9.17) is 50.6 Å². The van der Waals surface area contributed by atoms with Gasteiger partial charge in [0, 0.05) is 20.8 Å². The van der Waals surface area contributed by atoms with Crippen LogP contribution >= 0.6 is 0 Å². The zero-order valence-electron chi connectivity index (χ0n) is 34.9. The molecule has 304 valence electrons. The van der Waals surface area contributed by atoms with Crippen LogP contribution in [0.4, 0.5) is 0 Å². The summed E-state index contributed by atoms with van der Waals surface area (Å²) >= 11 is 0. The van der Waals surface area contributed by atoms with Crippen LogP contribution in [-0.4, -0.2) is 134 Å². The second-order valence-corrected chi connectivity index (χ2v) is 40.7. The standard InChI is InChI=1S/C33H68O14Si5/c1-21(34)37-19-24-26(28(44-49(7,8)9)30(46-51(13,14)15)32(40-24)39-23(3)36)42-33-31(47-52(16,17)18)29(45-50(10,11)12)27(43-48(4,5)6)25(41-33)20-38-22(2)35/h24-33H,19-20H2,1-18H3/t24?,25?,26-,27-,28?,29?,30?,31?,32?,33+/m1/s1.